The van der Waals surface area contributed by atoms with Gasteiger partial charge < -0.3 is 4.74 Å². The number of aryl methyl sites for hydroxylation is 1. The molecule has 1 aromatic rings. The lowest BCUT2D eigenvalue weighted by atomic mass is 9.46. The largest absolute Gasteiger partial charge is 0.501 e. The molecule has 5 rings (SSSR count). The van der Waals surface area contributed by atoms with Crippen molar-refractivity contribution < 1.29 is 13.2 Å². The molecule has 4 nitrogen and oxygen atoms in total. The van der Waals surface area contributed by atoms with Gasteiger partial charge in [-0.25, -0.2) is 13.3 Å². The molecule has 1 aromatic carbocycles. The number of nitrogens with zero attached hydrogens (tertiary/aromatic N) is 1. The Balaban J connectivity index is 1.54. The molecule has 0 radical (unpaired) electrons. The van der Waals surface area contributed by atoms with Gasteiger partial charge in [0.25, 0.3) is 5.03 Å². The van der Waals surface area contributed by atoms with Gasteiger partial charge in [0.2, 0.25) is 9.84 Å². The number of allylic oxidation sites excluding steroid dienone is 5. The molecule has 186 valence electrons. The summed E-state index contributed by atoms with van der Waals surface area (Å²) in [6, 6.07) is 6.90. The van der Waals surface area contributed by atoms with E-state index in [0.29, 0.717) is 30.1 Å². The van der Waals surface area contributed by atoms with Gasteiger partial charge in [0, 0.05) is 6.42 Å². The summed E-state index contributed by atoms with van der Waals surface area (Å²) in [6.07, 6.45) is 10.4. The van der Waals surface area contributed by atoms with Crippen LogP contribution in [0.1, 0.15) is 64.9 Å². The van der Waals surface area contributed by atoms with Gasteiger partial charge in [-0.1, -0.05) is 44.5 Å². The molecule has 1 unspecified atom stereocenters. The molecule has 6 atom stereocenters. The predicted octanol–water partition coefficient (Wildman–Crippen LogP) is 7.25. The van der Waals surface area contributed by atoms with E-state index in [4.69, 9.17) is 11.3 Å². The minimum Gasteiger partial charge on any atom is -0.501 e. The summed E-state index contributed by atoms with van der Waals surface area (Å²) in [4.78, 5) is 3.93. The van der Waals surface area contributed by atoms with Gasteiger partial charge in [-0.2, -0.15) is 0 Å². The van der Waals surface area contributed by atoms with Crippen LogP contribution in [-0.2, 0) is 14.6 Å². The molecule has 0 amide bonds. The number of hydrogen-bond donors (Lipinski definition) is 0. The van der Waals surface area contributed by atoms with E-state index in [0.717, 1.165) is 49.0 Å². The van der Waals surface area contributed by atoms with Crippen molar-refractivity contribution >= 4 is 9.84 Å². The van der Waals surface area contributed by atoms with E-state index < -0.39 is 9.84 Å². The fourth-order valence-corrected chi connectivity index (χ4v) is 9.59. The van der Waals surface area contributed by atoms with Crippen molar-refractivity contribution in [1.29, 1.82) is 0 Å². The van der Waals surface area contributed by atoms with Gasteiger partial charge in [-0.3, -0.25) is 0 Å². The van der Waals surface area contributed by atoms with E-state index in [1.54, 1.807) is 19.2 Å². The Morgan fingerprint density at radius 1 is 1.14 bits per heavy atom. The standard InChI is InChI=1S/C30H37NO3S/c1-19-7-10-23(11-8-19)35(32,33)28(31-5)27-14-13-25-24-12-9-21-18-22(34-6)17-20(2)30(21,4)26(24)15-16-29(25,27)3/h7-11,18,20,24-26H,12-17H2,1-4,6H3/t20?,24-,25-,26-,29-,30-/m0/s1. The van der Waals surface area contributed by atoms with Crippen LogP contribution in [-0.4, -0.2) is 15.5 Å². The van der Waals surface area contributed by atoms with Gasteiger partial charge in [0.1, 0.15) is 0 Å². The average molecular weight is 492 g/mol. The van der Waals surface area contributed by atoms with Crippen molar-refractivity contribution in [1.82, 2.24) is 0 Å². The third-order valence-electron chi connectivity index (χ3n) is 10.3. The predicted molar refractivity (Wildman–Crippen MR) is 139 cm³/mol. The Morgan fingerprint density at radius 3 is 2.51 bits per heavy atom. The minimum atomic E-state index is -3.83. The molecule has 0 heterocycles. The van der Waals surface area contributed by atoms with E-state index in [9.17, 15) is 8.42 Å². The van der Waals surface area contributed by atoms with Crippen LogP contribution < -0.4 is 0 Å². The monoisotopic (exact) mass is 491 g/mol. The van der Waals surface area contributed by atoms with Crippen molar-refractivity contribution in [3.05, 3.63) is 75.3 Å². The molecule has 0 spiro atoms. The molecule has 4 aliphatic carbocycles. The zero-order chi connectivity index (χ0) is 25.2. The Labute approximate surface area is 210 Å². The molecule has 2 saturated carbocycles. The molecule has 35 heavy (non-hydrogen) atoms. The summed E-state index contributed by atoms with van der Waals surface area (Å²) in [5, 5.41) is -0.0123. The van der Waals surface area contributed by atoms with Crippen molar-refractivity contribution in [3.8, 4) is 0 Å². The number of sulfone groups is 1. The van der Waals surface area contributed by atoms with Crippen molar-refractivity contribution in [2.75, 3.05) is 7.11 Å². The Hall–Kier alpha value is -2.32. The lowest BCUT2D eigenvalue weighted by Crippen LogP contribution is -2.50. The highest BCUT2D eigenvalue weighted by molar-refractivity contribution is 7.95. The van der Waals surface area contributed by atoms with Crippen LogP contribution in [0, 0.1) is 48.0 Å². The van der Waals surface area contributed by atoms with Gasteiger partial charge in [-0.15, -0.1) is 0 Å². The fourth-order valence-electron chi connectivity index (χ4n) is 8.09. The zero-order valence-electron chi connectivity index (χ0n) is 21.6. The highest BCUT2D eigenvalue weighted by Crippen LogP contribution is 2.67. The Morgan fingerprint density at radius 2 is 1.86 bits per heavy atom. The highest BCUT2D eigenvalue weighted by Gasteiger charge is 2.59. The first-order valence-electron chi connectivity index (χ1n) is 13.0. The molecule has 4 aliphatic rings. The van der Waals surface area contributed by atoms with Crippen LogP contribution >= 0.6 is 0 Å². The molecule has 2 fully saturated rings. The summed E-state index contributed by atoms with van der Waals surface area (Å²) in [6.45, 7) is 16.9. The SMILES string of the molecule is [C-]#[N+]C(=C1CC[C@H]2[C@@H]3CC=C4C=C(OC)CC(C)[C@]4(C)[C@H]3CC[C@]12C)S(=O)(=O)c1ccc(C)cc1. The average Bonchev–Trinajstić information content (AvgIpc) is 3.17. The van der Waals surface area contributed by atoms with Crippen molar-refractivity contribution in [3.63, 3.8) is 0 Å². The molecule has 0 bridgehead atoms. The lowest BCUT2D eigenvalue weighted by molar-refractivity contribution is -0.0289. The lowest BCUT2D eigenvalue weighted by Gasteiger charge is -2.58. The molecular formula is C30H37NO3S. The summed E-state index contributed by atoms with van der Waals surface area (Å²) in [5.74, 6) is 3.09. The van der Waals surface area contributed by atoms with Crippen molar-refractivity contribution in [2.24, 2.45) is 34.5 Å². The third-order valence-corrected chi connectivity index (χ3v) is 12.0. The van der Waals surface area contributed by atoms with Crippen LogP contribution in [0.15, 0.2) is 63.2 Å². The van der Waals surface area contributed by atoms with E-state index >= 15 is 0 Å². The molecule has 0 saturated heterocycles. The molecule has 0 aliphatic heterocycles. The van der Waals surface area contributed by atoms with Crippen LogP contribution in [0.5, 0.6) is 0 Å². The quantitative estimate of drug-likeness (QED) is 0.418. The van der Waals surface area contributed by atoms with Gasteiger partial charge in [0.15, 0.2) is 0 Å². The van der Waals surface area contributed by atoms with Gasteiger partial charge in [0.05, 0.1) is 24.3 Å². The number of ether oxygens (including phenoxy) is 1. The van der Waals surface area contributed by atoms with Crippen LogP contribution in [0.2, 0.25) is 0 Å². The van der Waals surface area contributed by atoms with E-state index in [-0.39, 0.29) is 20.8 Å². The first kappa shape index (κ1) is 24.4. The fraction of sp³-hybridized carbons (Fsp3) is 0.567. The second-order valence-corrected chi connectivity index (χ2v) is 13.5. The van der Waals surface area contributed by atoms with Crippen molar-refractivity contribution in [2.45, 2.75) is 71.1 Å². The summed E-state index contributed by atoms with van der Waals surface area (Å²) < 4.78 is 32.8. The number of methoxy groups -OCH3 is 1. The maximum Gasteiger partial charge on any atom is 0.282 e. The normalized spacial score (nSPS) is 37.7. The van der Waals surface area contributed by atoms with Gasteiger partial charge >= 0.3 is 0 Å². The zero-order valence-corrected chi connectivity index (χ0v) is 22.4. The maximum atomic E-state index is 13.6. The van der Waals surface area contributed by atoms with E-state index in [1.165, 1.54) is 5.57 Å². The van der Waals surface area contributed by atoms with Crippen LogP contribution in [0.4, 0.5) is 0 Å². The molecule has 0 N–H and O–H groups in total. The van der Waals surface area contributed by atoms with Gasteiger partial charge in [-0.05, 0) is 103 Å². The molecule has 5 heteroatoms. The second kappa shape index (κ2) is 8.37. The van der Waals surface area contributed by atoms with Crippen LogP contribution in [0.25, 0.3) is 4.85 Å². The number of fused-ring (bicyclic) bond motifs is 5. The van der Waals surface area contributed by atoms with Crippen LogP contribution in [0.3, 0.4) is 0 Å². The Kier molecular flexibility index (Phi) is 5.83. The van der Waals surface area contributed by atoms with E-state index in [2.05, 4.69) is 37.8 Å². The number of hydrogen-bond acceptors (Lipinski definition) is 3. The summed E-state index contributed by atoms with van der Waals surface area (Å²) >= 11 is 0. The van der Waals surface area contributed by atoms with E-state index in [1.807, 2.05) is 19.1 Å². The second-order valence-electron chi connectivity index (χ2n) is 11.7. The first-order chi connectivity index (χ1) is 16.6. The smallest absolute Gasteiger partial charge is 0.282 e. The number of rotatable bonds is 3. The molecular weight excluding hydrogens is 454 g/mol. The summed E-state index contributed by atoms with van der Waals surface area (Å²) in [5.41, 5.74) is 3.21. The highest BCUT2D eigenvalue weighted by atomic mass is 32.2. The molecule has 0 aromatic heterocycles. The third kappa shape index (κ3) is 3.47. The topological polar surface area (TPSA) is 47.7 Å². The Bertz CT molecular complexity index is 1280. The summed E-state index contributed by atoms with van der Waals surface area (Å²) in [7, 11) is -2.06. The maximum absolute atomic E-state index is 13.6. The number of benzene rings is 1. The first-order valence-corrected chi connectivity index (χ1v) is 14.4. The minimum absolute atomic E-state index is 0.0123.